The van der Waals surface area contributed by atoms with E-state index in [2.05, 4.69) is 10.6 Å². The van der Waals surface area contributed by atoms with E-state index in [0.717, 1.165) is 5.56 Å². The summed E-state index contributed by atoms with van der Waals surface area (Å²) in [6.45, 7) is 6.27. The lowest BCUT2D eigenvalue weighted by atomic mass is 10.1. The molecule has 0 aliphatic carbocycles. The van der Waals surface area contributed by atoms with Crippen LogP contribution in [0.2, 0.25) is 0 Å². The maximum Gasteiger partial charge on any atom is 0.255 e. The molecule has 0 saturated carbocycles. The lowest BCUT2D eigenvalue weighted by molar-refractivity contribution is -0.120. The number of hydrogen-bond acceptors (Lipinski definition) is 3. The van der Waals surface area contributed by atoms with E-state index in [1.165, 1.54) is 12.1 Å². The Kier molecular flexibility index (Phi) is 5.36. The molecule has 5 heteroatoms. The zero-order valence-corrected chi connectivity index (χ0v) is 11.5. The first-order chi connectivity index (χ1) is 8.90. The van der Waals surface area contributed by atoms with Crippen molar-refractivity contribution in [2.24, 2.45) is 5.92 Å². The Morgan fingerprint density at radius 2 is 1.95 bits per heavy atom. The normalized spacial score (nSPS) is 10.3. The second-order valence-electron chi connectivity index (χ2n) is 4.90. The van der Waals surface area contributed by atoms with E-state index < -0.39 is 5.91 Å². The summed E-state index contributed by atoms with van der Waals surface area (Å²) < 4.78 is 0. The van der Waals surface area contributed by atoms with E-state index in [1.807, 2.05) is 20.8 Å². The number of aryl methyl sites for hydroxylation is 1. The number of aromatic hydroxyl groups is 1. The molecule has 104 valence electrons. The Balaban J connectivity index is 2.49. The minimum atomic E-state index is -0.461. The molecule has 0 heterocycles. The third-order valence-electron chi connectivity index (χ3n) is 2.51. The van der Waals surface area contributed by atoms with Crippen molar-refractivity contribution in [1.82, 2.24) is 10.6 Å². The van der Waals surface area contributed by atoms with E-state index in [4.69, 9.17) is 0 Å². The molecular formula is C14H20N2O3. The van der Waals surface area contributed by atoms with Crippen LogP contribution in [0.4, 0.5) is 0 Å². The zero-order chi connectivity index (χ0) is 14.4. The van der Waals surface area contributed by atoms with Crippen LogP contribution in [0.1, 0.15) is 29.8 Å². The van der Waals surface area contributed by atoms with Crippen LogP contribution in [-0.2, 0) is 4.79 Å². The molecule has 0 saturated heterocycles. The Labute approximate surface area is 113 Å². The highest BCUT2D eigenvalue weighted by Gasteiger charge is 2.12. The minimum absolute atomic E-state index is 0.0833. The fourth-order valence-corrected chi connectivity index (χ4v) is 1.47. The van der Waals surface area contributed by atoms with E-state index in [1.54, 1.807) is 6.07 Å². The molecule has 0 atom stereocenters. The maximum absolute atomic E-state index is 11.8. The van der Waals surface area contributed by atoms with E-state index in [9.17, 15) is 14.7 Å². The summed E-state index contributed by atoms with van der Waals surface area (Å²) in [5.74, 6) is -0.424. The first-order valence-corrected chi connectivity index (χ1v) is 6.24. The number of hydrogen-bond donors (Lipinski definition) is 3. The molecule has 3 N–H and O–H groups in total. The molecule has 1 aromatic carbocycles. The maximum atomic E-state index is 11.8. The van der Waals surface area contributed by atoms with Crippen LogP contribution in [-0.4, -0.2) is 30.0 Å². The highest BCUT2D eigenvalue weighted by Crippen LogP contribution is 2.17. The second kappa shape index (κ2) is 6.78. The number of amides is 2. The summed E-state index contributed by atoms with van der Waals surface area (Å²) in [6, 6.07) is 4.77. The number of phenolic OH excluding ortho intramolecular Hbond substituents is 1. The lowest BCUT2D eigenvalue weighted by Gasteiger charge is -2.09. The molecule has 0 radical (unpaired) electrons. The van der Waals surface area contributed by atoms with Crippen molar-refractivity contribution in [1.29, 1.82) is 0 Å². The van der Waals surface area contributed by atoms with Crippen molar-refractivity contribution in [3.8, 4) is 5.75 Å². The third kappa shape index (κ3) is 4.99. The topological polar surface area (TPSA) is 78.4 Å². The van der Waals surface area contributed by atoms with Crippen LogP contribution < -0.4 is 10.6 Å². The second-order valence-corrected chi connectivity index (χ2v) is 4.90. The molecule has 1 aromatic rings. The van der Waals surface area contributed by atoms with Gasteiger partial charge in [0.2, 0.25) is 5.91 Å². The Bertz CT molecular complexity index is 470. The van der Waals surface area contributed by atoms with Gasteiger partial charge in [-0.05, 0) is 30.5 Å². The summed E-state index contributed by atoms with van der Waals surface area (Å²) in [6.07, 6.45) is 0. The number of phenols is 1. The zero-order valence-electron chi connectivity index (χ0n) is 11.5. The standard InChI is InChI=1S/C14H20N2O3/c1-9(2)7-15-13(18)8-16-14(19)11-5-4-10(3)6-12(11)17/h4-6,9,17H,7-8H2,1-3H3,(H,15,18)(H,16,19). The molecule has 1 rings (SSSR count). The van der Waals surface area contributed by atoms with Gasteiger partial charge in [0.05, 0.1) is 12.1 Å². The van der Waals surface area contributed by atoms with Gasteiger partial charge in [-0.1, -0.05) is 19.9 Å². The smallest absolute Gasteiger partial charge is 0.255 e. The number of nitrogens with one attached hydrogen (secondary N) is 2. The average molecular weight is 264 g/mol. The van der Waals surface area contributed by atoms with Crippen LogP contribution in [0, 0.1) is 12.8 Å². The fourth-order valence-electron chi connectivity index (χ4n) is 1.47. The quantitative estimate of drug-likeness (QED) is 0.747. The monoisotopic (exact) mass is 264 g/mol. The summed E-state index contributed by atoms with van der Waals surface area (Å²) in [4.78, 5) is 23.2. The molecule has 0 spiro atoms. The predicted octanol–water partition coefficient (Wildman–Crippen LogP) is 1.20. The van der Waals surface area contributed by atoms with E-state index >= 15 is 0 Å². The molecule has 0 aliphatic heterocycles. The van der Waals surface area contributed by atoms with Crippen LogP contribution >= 0.6 is 0 Å². The SMILES string of the molecule is Cc1ccc(C(=O)NCC(=O)NCC(C)C)c(O)c1. The molecule has 0 aliphatic rings. The summed E-state index contributed by atoms with van der Waals surface area (Å²) in [5, 5.41) is 14.8. The van der Waals surface area contributed by atoms with Gasteiger partial charge >= 0.3 is 0 Å². The van der Waals surface area contributed by atoms with E-state index in [-0.39, 0.29) is 23.8 Å². The Morgan fingerprint density at radius 1 is 1.26 bits per heavy atom. The molecule has 0 aromatic heterocycles. The number of carbonyl (C=O) groups is 2. The fraction of sp³-hybridized carbons (Fsp3) is 0.429. The summed E-state index contributed by atoms with van der Waals surface area (Å²) in [5.41, 5.74) is 1.03. The van der Waals surface area contributed by atoms with Crippen molar-refractivity contribution in [2.75, 3.05) is 13.1 Å². The predicted molar refractivity (Wildman–Crippen MR) is 73.0 cm³/mol. The van der Waals surface area contributed by atoms with Gasteiger partial charge < -0.3 is 15.7 Å². The van der Waals surface area contributed by atoms with Gasteiger partial charge in [-0.3, -0.25) is 9.59 Å². The lowest BCUT2D eigenvalue weighted by Crippen LogP contribution is -2.38. The number of carbonyl (C=O) groups excluding carboxylic acids is 2. The van der Waals surface area contributed by atoms with Crippen LogP contribution in [0.5, 0.6) is 5.75 Å². The number of benzene rings is 1. The number of rotatable bonds is 5. The van der Waals surface area contributed by atoms with Gasteiger partial charge in [-0.2, -0.15) is 0 Å². The van der Waals surface area contributed by atoms with Crippen molar-refractivity contribution in [3.05, 3.63) is 29.3 Å². The molecule has 0 unspecified atom stereocenters. The van der Waals surface area contributed by atoms with Crippen LogP contribution in [0.25, 0.3) is 0 Å². The molecule has 2 amide bonds. The Hall–Kier alpha value is -2.04. The van der Waals surface area contributed by atoms with Crippen LogP contribution in [0.3, 0.4) is 0 Å². The molecule has 5 nitrogen and oxygen atoms in total. The largest absolute Gasteiger partial charge is 0.507 e. The highest BCUT2D eigenvalue weighted by atomic mass is 16.3. The minimum Gasteiger partial charge on any atom is -0.507 e. The van der Waals surface area contributed by atoms with Crippen molar-refractivity contribution >= 4 is 11.8 Å². The van der Waals surface area contributed by atoms with Gasteiger partial charge in [0.15, 0.2) is 0 Å². The molecule has 0 fully saturated rings. The molecule has 19 heavy (non-hydrogen) atoms. The average Bonchev–Trinajstić information content (AvgIpc) is 2.33. The molecular weight excluding hydrogens is 244 g/mol. The first-order valence-electron chi connectivity index (χ1n) is 6.24. The highest BCUT2D eigenvalue weighted by molar-refractivity contribution is 5.98. The van der Waals surface area contributed by atoms with Gasteiger partial charge in [-0.15, -0.1) is 0 Å². The van der Waals surface area contributed by atoms with Gasteiger partial charge in [0.1, 0.15) is 5.75 Å². The molecule has 0 bridgehead atoms. The Morgan fingerprint density at radius 3 is 2.53 bits per heavy atom. The van der Waals surface area contributed by atoms with Crippen molar-refractivity contribution < 1.29 is 14.7 Å². The van der Waals surface area contributed by atoms with Gasteiger partial charge in [0.25, 0.3) is 5.91 Å². The first kappa shape index (κ1) is 15.0. The van der Waals surface area contributed by atoms with Gasteiger partial charge in [0, 0.05) is 6.54 Å². The van der Waals surface area contributed by atoms with Crippen molar-refractivity contribution in [3.63, 3.8) is 0 Å². The van der Waals surface area contributed by atoms with Gasteiger partial charge in [-0.25, -0.2) is 0 Å². The third-order valence-corrected chi connectivity index (χ3v) is 2.51. The summed E-state index contributed by atoms with van der Waals surface area (Å²) in [7, 11) is 0. The van der Waals surface area contributed by atoms with Crippen molar-refractivity contribution in [2.45, 2.75) is 20.8 Å². The summed E-state index contributed by atoms with van der Waals surface area (Å²) >= 11 is 0. The van der Waals surface area contributed by atoms with Crippen LogP contribution in [0.15, 0.2) is 18.2 Å². The van der Waals surface area contributed by atoms with E-state index in [0.29, 0.717) is 12.5 Å².